The van der Waals surface area contributed by atoms with E-state index in [1.165, 1.54) is 0 Å². The number of hydrogen-bond acceptors (Lipinski definition) is 3. The number of Topliss-reactive ketones (excluding diaryl/α,β-unsaturated/α-hetero) is 1. The Hall–Kier alpha value is -1.12. The average molecular weight is 156 g/mol. The van der Waals surface area contributed by atoms with Crippen LogP contribution in [-0.4, -0.2) is 11.8 Å². The predicted octanol–water partition coefficient (Wildman–Crippen LogP) is 1.29. The van der Waals surface area contributed by atoms with Crippen LogP contribution in [0.1, 0.15) is 20.3 Å². The molecule has 0 aliphatic rings. The Morgan fingerprint density at radius 1 is 1.55 bits per heavy atom. The predicted molar refractivity (Wildman–Crippen MR) is 40.8 cm³/mol. The smallest absolute Gasteiger partial charge is 0.318 e. The first-order chi connectivity index (χ1) is 5.07. The molecule has 11 heavy (non-hydrogen) atoms. The van der Waals surface area contributed by atoms with Crippen LogP contribution in [0.4, 0.5) is 0 Å². The maximum absolute atomic E-state index is 10.9. The highest BCUT2D eigenvalue weighted by Gasteiger charge is 2.12. The molecule has 0 amide bonds. The molecule has 0 aromatic heterocycles. The molecule has 0 radical (unpaired) electrons. The van der Waals surface area contributed by atoms with Crippen molar-refractivity contribution in [1.82, 2.24) is 0 Å². The topological polar surface area (TPSA) is 43.4 Å². The van der Waals surface area contributed by atoms with Gasteiger partial charge in [0.05, 0.1) is 6.26 Å². The summed E-state index contributed by atoms with van der Waals surface area (Å²) in [5.74, 6) is -0.775. The third-order valence-corrected chi connectivity index (χ3v) is 1.18. The van der Waals surface area contributed by atoms with Crippen LogP contribution in [0.3, 0.4) is 0 Å². The van der Waals surface area contributed by atoms with E-state index in [-0.39, 0.29) is 18.1 Å². The fourth-order valence-corrected chi connectivity index (χ4v) is 0.481. The van der Waals surface area contributed by atoms with Crippen molar-refractivity contribution in [1.29, 1.82) is 0 Å². The van der Waals surface area contributed by atoms with Crippen LogP contribution in [-0.2, 0) is 14.3 Å². The fourth-order valence-electron chi connectivity index (χ4n) is 0.481. The quantitative estimate of drug-likeness (QED) is 0.350. The van der Waals surface area contributed by atoms with Crippen molar-refractivity contribution in [2.24, 2.45) is 5.92 Å². The van der Waals surface area contributed by atoms with Gasteiger partial charge in [0.25, 0.3) is 0 Å². The summed E-state index contributed by atoms with van der Waals surface area (Å²) >= 11 is 0. The van der Waals surface area contributed by atoms with Crippen molar-refractivity contribution in [2.75, 3.05) is 0 Å². The Morgan fingerprint density at radius 2 is 2.09 bits per heavy atom. The first-order valence-corrected chi connectivity index (χ1v) is 3.41. The molecule has 3 heteroatoms. The maximum atomic E-state index is 10.9. The van der Waals surface area contributed by atoms with Crippen LogP contribution in [0.15, 0.2) is 12.8 Å². The first-order valence-electron chi connectivity index (χ1n) is 3.41. The lowest BCUT2D eigenvalue weighted by atomic mass is 10.1. The third-order valence-electron chi connectivity index (χ3n) is 1.18. The minimum atomic E-state index is -0.543. The van der Waals surface area contributed by atoms with Gasteiger partial charge in [-0.25, -0.2) is 0 Å². The fraction of sp³-hybridized carbons (Fsp3) is 0.500. The molecule has 0 heterocycles. The van der Waals surface area contributed by atoms with E-state index in [9.17, 15) is 9.59 Å². The highest BCUT2D eigenvalue weighted by molar-refractivity contribution is 5.96. The molecule has 0 unspecified atom stereocenters. The van der Waals surface area contributed by atoms with Gasteiger partial charge in [-0.1, -0.05) is 20.4 Å². The van der Waals surface area contributed by atoms with E-state index < -0.39 is 5.97 Å². The molecule has 0 spiro atoms. The maximum Gasteiger partial charge on any atom is 0.318 e. The van der Waals surface area contributed by atoms with Gasteiger partial charge in [0.15, 0.2) is 0 Å². The summed E-state index contributed by atoms with van der Waals surface area (Å²) in [5.41, 5.74) is 0. The monoisotopic (exact) mass is 156 g/mol. The van der Waals surface area contributed by atoms with E-state index in [0.717, 1.165) is 6.26 Å². The number of hydrogen-bond donors (Lipinski definition) is 0. The van der Waals surface area contributed by atoms with Crippen LogP contribution in [0, 0.1) is 5.92 Å². The first kappa shape index (κ1) is 9.88. The lowest BCUT2D eigenvalue weighted by molar-refractivity contribution is -0.141. The van der Waals surface area contributed by atoms with Gasteiger partial charge in [0, 0.05) is 5.92 Å². The van der Waals surface area contributed by atoms with E-state index in [1.54, 1.807) is 13.8 Å². The number of ether oxygens (including phenoxy) is 1. The number of carbonyl (C=O) groups excluding carboxylic acids is 2. The molecule has 0 aliphatic heterocycles. The molecule has 0 saturated carbocycles. The van der Waals surface area contributed by atoms with Crippen molar-refractivity contribution in [2.45, 2.75) is 20.3 Å². The molecule has 0 atom stereocenters. The minimum absolute atomic E-state index is 0.114. The van der Waals surface area contributed by atoms with E-state index in [2.05, 4.69) is 11.3 Å². The molecule has 0 aromatic carbocycles. The third kappa shape index (κ3) is 4.31. The Morgan fingerprint density at radius 3 is 2.45 bits per heavy atom. The highest BCUT2D eigenvalue weighted by Crippen LogP contribution is 1.99. The summed E-state index contributed by atoms with van der Waals surface area (Å²) in [7, 11) is 0. The lowest BCUT2D eigenvalue weighted by Crippen LogP contribution is -2.13. The summed E-state index contributed by atoms with van der Waals surface area (Å²) in [6.07, 6.45) is 0.861. The zero-order valence-corrected chi connectivity index (χ0v) is 6.79. The zero-order valence-electron chi connectivity index (χ0n) is 6.79. The second-order valence-electron chi connectivity index (χ2n) is 2.45. The Balaban J connectivity index is 3.75. The van der Waals surface area contributed by atoms with E-state index in [4.69, 9.17) is 0 Å². The Kier molecular flexibility index (Phi) is 4.18. The SMILES string of the molecule is C=COC(=O)CC(=O)C(C)C. The van der Waals surface area contributed by atoms with Gasteiger partial charge >= 0.3 is 5.97 Å². The summed E-state index contributed by atoms with van der Waals surface area (Å²) in [6, 6.07) is 0. The normalized spacial score (nSPS) is 9.36. The summed E-state index contributed by atoms with van der Waals surface area (Å²) in [4.78, 5) is 21.5. The molecule has 3 nitrogen and oxygen atoms in total. The van der Waals surface area contributed by atoms with Gasteiger partial charge in [-0.3, -0.25) is 9.59 Å². The standard InChI is InChI=1S/C8H12O3/c1-4-11-8(10)5-7(9)6(2)3/h4,6H,1,5H2,2-3H3. The van der Waals surface area contributed by atoms with Crippen molar-refractivity contribution < 1.29 is 14.3 Å². The summed E-state index contributed by atoms with van der Waals surface area (Å²) in [6.45, 7) is 6.68. The number of ketones is 1. The molecular formula is C8H12O3. The van der Waals surface area contributed by atoms with Crippen LogP contribution < -0.4 is 0 Å². The largest absolute Gasteiger partial charge is 0.435 e. The van der Waals surface area contributed by atoms with Crippen molar-refractivity contribution >= 4 is 11.8 Å². The molecule has 0 fully saturated rings. The highest BCUT2D eigenvalue weighted by atomic mass is 16.5. The van der Waals surface area contributed by atoms with Crippen LogP contribution in [0.5, 0.6) is 0 Å². The molecule has 0 aromatic rings. The molecule has 0 aliphatic carbocycles. The average Bonchev–Trinajstić information content (AvgIpc) is 1.87. The summed E-state index contributed by atoms with van der Waals surface area (Å²) in [5, 5.41) is 0. The Bertz CT molecular complexity index is 170. The molecule has 0 saturated heterocycles. The lowest BCUT2D eigenvalue weighted by Gasteiger charge is -2.01. The Labute approximate surface area is 66.0 Å². The van der Waals surface area contributed by atoms with Gasteiger partial charge < -0.3 is 4.74 Å². The molecule has 0 N–H and O–H groups in total. The van der Waals surface area contributed by atoms with Crippen molar-refractivity contribution in [3.05, 3.63) is 12.8 Å². The van der Waals surface area contributed by atoms with Crippen LogP contribution >= 0.6 is 0 Å². The van der Waals surface area contributed by atoms with Gasteiger partial charge in [-0.15, -0.1) is 0 Å². The zero-order chi connectivity index (χ0) is 8.85. The molecule has 0 rings (SSSR count). The van der Waals surface area contributed by atoms with E-state index >= 15 is 0 Å². The minimum Gasteiger partial charge on any atom is -0.435 e. The second-order valence-corrected chi connectivity index (χ2v) is 2.45. The van der Waals surface area contributed by atoms with Crippen LogP contribution in [0.2, 0.25) is 0 Å². The molecular weight excluding hydrogens is 144 g/mol. The summed E-state index contributed by atoms with van der Waals surface area (Å²) < 4.78 is 4.37. The van der Waals surface area contributed by atoms with E-state index in [1.807, 2.05) is 0 Å². The van der Waals surface area contributed by atoms with E-state index in [0.29, 0.717) is 0 Å². The molecule has 0 bridgehead atoms. The van der Waals surface area contributed by atoms with Gasteiger partial charge in [0.2, 0.25) is 0 Å². The van der Waals surface area contributed by atoms with Gasteiger partial charge in [-0.05, 0) is 0 Å². The number of rotatable bonds is 4. The second kappa shape index (κ2) is 4.66. The van der Waals surface area contributed by atoms with Crippen LogP contribution in [0.25, 0.3) is 0 Å². The van der Waals surface area contributed by atoms with Gasteiger partial charge in [0.1, 0.15) is 12.2 Å². The number of esters is 1. The van der Waals surface area contributed by atoms with Crippen molar-refractivity contribution in [3.63, 3.8) is 0 Å². The van der Waals surface area contributed by atoms with Gasteiger partial charge in [-0.2, -0.15) is 0 Å². The van der Waals surface area contributed by atoms with Crippen molar-refractivity contribution in [3.8, 4) is 0 Å². The molecule has 62 valence electrons. The number of carbonyl (C=O) groups is 2.